The molecule has 0 saturated carbocycles. The second-order valence-corrected chi connectivity index (χ2v) is 9.04. The summed E-state index contributed by atoms with van der Waals surface area (Å²) in [4.78, 5) is 12.3. The molecule has 32 heavy (non-hydrogen) atoms. The molecule has 4 aromatic rings. The van der Waals surface area contributed by atoms with Crippen molar-refractivity contribution in [2.75, 3.05) is 24.3 Å². The summed E-state index contributed by atoms with van der Waals surface area (Å²) in [6.45, 7) is 0. The lowest BCUT2D eigenvalue weighted by Crippen LogP contribution is -2.10. The number of rotatable bonds is 5. The second kappa shape index (κ2) is 8.89. The van der Waals surface area contributed by atoms with Crippen molar-refractivity contribution in [2.45, 2.75) is 5.50 Å². The molecular weight excluding hydrogens is 412 g/mol. The fraction of sp³-hybridized carbons (Fsp3) is 0.111. The van der Waals surface area contributed by atoms with Crippen LogP contribution in [0.2, 0.25) is 0 Å². The van der Waals surface area contributed by atoms with Crippen molar-refractivity contribution in [1.82, 2.24) is 4.98 Å². The zero-order chi connectivity index (χ0) is 21.9. The molecule has 1 aromatic heterocycles. The van der Waals surface area contributed by atoms with Gasteiger partial charge in [-0.3, -0.25) is 9.98 Å². The molecule has 2 heterocycles. The van der Waals surface area contributed by atoms with Gasteiger partial charge in [0.25, 0.3) is 0 Å². The number of aliphatic imine (C=N–C) groups is 1. The third-order valence-corrected chi connectivity index (χ3v) is 6.38. The van der Waals surface area contributed by atoms with E-state index in [1.807, 2.05) is 18.5 Å². The van der Waals surface area contributed by atoms with Crippen LogP contribution in [-0.4, -0.2) is 30.8 Å². The molecule has 0 saturated heterocycles. The summed E-state index contributed by atoms with van der Waals surface area (Å²) in [6, 6.07) is 27.4. The number of allylic oxidation sites excluding steroid dienone is 1. The Kier molecular flexibility index (Phi) is 5.65. The van der Waals surface area contributed by atoms with Crippen LogP contribution in [0, 0.1) is 0 Å². The third kappa shape index (κ3) is 4.39. The average molecular weight is 437 g/mol. The number of anilines is 2. The van der Waals surface area contributed by atoms with Gasteiger partial charge in [-0.05, 0) is 53.6 Å². The van der Waals surface area contributed by atoms with Gasteiger partial charge >= 0.3 is 0 Å². The van der Waals surface area contributed by atoms with Crippen LogP contribution in [0.15, 0.2) is 95.0 Å². The molecule has 1 aliphatic rings. The van der Waals surface area contributed by atoms with E-state index in [9.17, 15) is 0 Å². The van der Waals surface area contributed by atoms with Crippen LogP contribution in [0.4, 0.5) is 11.4 Å². The van der Waals surface area contributed by atoms with E-state index in [-0.39, 0.29) is 5.50 Å². The van der Waals surface area contributed by atoms with Crippen molar-refractivity contribution < 1.29 is 0 Å². The van der Waals surface area contributed by atoms with Crippen LogP contribution in [0.3, 0.4) is 0 Å². The monoisotopic (exact) mass is 436 g/mol. The standard InChI is InChI=1S/C27H24N4S/c1-31(2)22-12-10-20(11-13-22)24-7-3-4-8-26(24)30-27-29-18-23(32-27)17-19-9-14-25-21(16-19)6-5-15-28-25/h3-18,27,30H,1-2H3/b23-17-. The molecule has 0 radical (unpaired) electrons. The molecule has 1 N–H and O–H groups in total. The van der Waals surface area contributed by atoms with Gasteiger partial charge in [-0.1, -0.05) is 54.2 Å². The molecule has 1 aliphatic heterocycles. The molecule has 1 atom stereocenters. The first kappa shape index (κ1) is 20.3. The normalized spacial score (nSPS) is 16.6. The molecule has 0 spiro atoms. The fourth-order valence-corrected chi connectivity index (χ4v) is 4.64. The number of aromatic nitrogens is 1. The Bertz CT molecular complexity index is 1310. The van der Waals surface area contributed by atoms with E-state index in [2.05, 4.69) is 113 Å². The first-order valence-corrected chi connectivity index (χ1v) is 11.4. The zero-order valence-corrected chi connectivity index (χ0v) is 18.9. The number of para-hydroxylation sites is 1. The zero-order valence-electron chi connectivity index (χ0n) is 18.1. The molecule has 5 rings (SSSR count). The summed E-state index contributed by atoms with van der Waals surface area (Å²) >= 11 is 1.72. The molecule has 158 valence electrons. The van der Waals surface area contributed by atoms with E-state index in [0.29, 0.717) is 0 Å². The Morgan fingerprint density at radius 2 is 1.78 bits per heavy atom. The number of nitrogens with zero attached hydrogens (tertiary/aromatic N) is 3. The van der Waals surface area contributed by atoms with Crippen LogP contribution < -0.4 is 10.2 Å². The van der Waals surface area contributed by atoms with Gasteiger partial charge in [0, 0.05) is 53.7 Å². The van der Waals surface area contributed by atoms with Crippen molar-refractivity contribution in [1.29, 1.82) is 0 Å². The van der Waals surface area contributed by atoms with Crippen LogP contribution >= 0.6 is 11.8 Å². The highest BCUT2D eigenvalue weighted by atomic mass is 32.2. The number of hydrogen-bond acceptors (Lipinski definition) is 5. The third-order valence-electron chi connectivity index (χ3n) is 5.42. The van der Waals surface area contributed by atoms with E-state index in [0.717, 1.165) is 27.1 Å². The summed E-state index contributed by atoms with van der Waals surface area (Å²) in [6.07, 6.45) is 5.95. The molecule has 1 unspecified atom stereocenters. The minimum atomic E-state index is -0.0504. The maximum absolute atomic E-state index is 4.68. The summed E-state index contributed by atoms with van der Waals surface area (Å²) in [5.74, 6) is 0. The van der Waals surface area contributed by atoms with Crippen molar-refractivity contribution in [3.63, 3.8) is 0 Å². The predicted molar refractivity (Wildman–Crippen MR) is 139 cm³/mol. The smallest absolute Gasteiger partial charge is 0.171 e. The molecule has 0 fully saturated rings. The van der Waals surface area contributed by atoms with Crippen molar-refractivity contribution in [3.05, 3.63) is 95.5 Å². The summed E-state index contributed by atoms with van der Waals surface area (Å²) in [5, 5.41) is 4.74. The number of fused-ring (bicyclic) bond motifs is 1. The Hall–Kier alpha value is -3.57. The van der Waals surface area contributed by atoms with Gasteiger partial charge in [-0.15, -0.1) is 0 Å². The van der Waals surface area contributed by atoms with E-state index in [1.165, 1.54) is 16.8 Å². The van der Waals surface area contributed by atoms with E-state index < -0.39 is 0 Å². The van der Waals surface area contributed by atoms with Gasteiger partial charge in [0.15, 0.2) is 5.50 Å². The SMILES string of the molecule is CN(C)c1ccc(-c2ccccc2NC2N=C/C(=C/c3ccc4ncccc4c3)S2)cc1. The predicted octanol–water partition coefficient (Wildman–Crippen LogP) is 6.52. The number of hydrogen-bond donors (Lipinski definition) is 1. The summed E-state index contributed by atoms with van der Waals surface area (Å²) < 4.78 is 0. The van der Waals surface area contributed by atoms with Crippen molar-refractivity contribution in [2.24, 2.45) is 4.99 Å². The van der Waals surface area contributed by atoms with Gasteiger partial charge in [0.2, 0.25) is 0 Å². The van der Waals surface area contributed by atoms with E-state index in [4.69, 9.17) is 0 Å². The minimum absolute atomic E-state index is 0.0504. The molecule has 5 heteroatoms. The highest BCUT2D eigenvalue weighted by Crippen LogP contribution is 2.34. The summed E-state index contributed by atoms with van der Waals surface area (Å²) in [7, 11) is 4.11. The number of benzene rings is 3. The lowest BCUT2D eigenvalue weighted by Gasteiger charge is -2.17. The second-order valence-electron chi connectivity index (χ2n) is 7.88. The molecule has 0 aliphatic carbocycles. The molecule has 4 nitrogen and oxygen atoms in total. The highest BCUT2D eigenvalue weighted by Gasteiger charge is 2.17. The maximum Gasteiger partial charge on any atom is 0.171 e. The lowest BCUT2D eigenvalue weighted by atomic mass is 10.0. The lowest BCUT2D eigenvalue weighted by molar-refractivity contribution is 1.08. The molecule has 0 amide bonds. The largest absolute Gasteiger partial charge is 0.378 e. The first-order chi connectivity index (χ1) is 15.7. The van der Waals surface area contributed by atoms with Gasteiger partial charge < -0.3 is 10.2 Å². The maximum atomic E-state index is 4.68. The van der Waals surface area contributed by atoms with Gasteiger partial charge in [-0.25, -0.2) is 0 Å². The van der Waals surface area contributed by atoms with E-state index in [1.54, 1.807) is 11.8 Å². The van der Waals surface area contributed by atoms with Gasteiger partial charge in [0.1, 0.15) is 0 Å². The Morgan fingerprint density at radius 3 is 2.62 bits per heavy atom. The van der Waals surface area contributed by atoms with Gasteiger partial charge in [0.05, 0.1) is 5.52 Å². The van der Waals surface area contributed by atoms with Gasteiger partial charge in [-0.2, -0.15) is 0 Å². The van der Waals surface area contributed by atoms with E-state index >= 15 is 0 Å². The highest BCUT2D eigenvalue weighted by molar-refractivity contribution is 8.05. The van der Waals surface area contributed by atoms with Crippen molar-refractivity contribution in [3.8, 4) is 11.1 Å². The average Bonchev–Trinajstić information content (AvgIpc) is 3.26. The first-order valence-electron chi connectivity index (χ1n) is 10.6. The molecule has 0 bridgehead atoms. The number of thioether (sulfide) groups is 1. The van der Waals surface area contributed by atoms with Crippen LogP contribution in [-0.2, 0) is 0 Å². The van der Waals surface area contributed by atoms with Crippen LogP contribution in [0.25, 0.3) is 28.1 Å². The molecule has 3 aromatic carbocycles. The van der Waals surface area contributed by atoms with Crippen LogP contribution in [0.1, 0.15) is 5.56 Å². The quantitative estimate of drug-likeness (QED) is 0.386. The van der Waals surface area contributed by atoms with Crippen molar-refractivity contribution >= 4 is 46.3 Å². The van der Waals surface area contributed by atoms with Crippen LogP contribution in [0.5, 0.6) is 0 Å². The number of nitrogens with one attached hydrogen (secondary N) is 1. The Balaban J connectivity index is 1.32. The minimum Gasteiger partial charge on any atom is -0.378 e. The Labute approximate surface area is 192 Å². The Morgan fingerprint density at radius 1 is 0.938 bits per heavy atom. The topological polar surface area (TPSA) is 40.5 Å². The summed E-state index contributed by atoms with van der Waals surface area (Å²) in [5.41, 5.74) is 6.75. The molecular formula is C27H24N4S. The fourth-order valence-electron chi connectivity index (χ4n) is 3.75. The number of pyridine rings is 1.